The van der Waals surface area contributed by atoms with Crippen LogP contribution in [0.15, 0.2) is 42.6 Å². The average molecular weight is 285 g/mol. The number of aromatic amines is 2. The minimum absolute atomic E-state index is 0. The van der Waals surface area contributed by atoms with Crippen LogP contribution < -0.4 is 0 Å². The summed E-state index contributed by atoms with van der Waals surface area (Å²) in [6.07, 6.45) is 11.9. The van der Waals surface area contributed by atoms with Gasteiger partial charge in [-0.3, -0.25) is 5.10 Å². The number of hydrogen-bond acceptors (Lipinski definition) is 3. The molecule has 0 unspecified atom stereocenters. The van der Waals surface area contributed by atoms with Crippen molar-refractivity contribution in [3.8, 4) is 11.3 Å². The molecule has 3 aromatic heterocycles. The molecule has 0 saturated heterocycles. The van der Waals surface area contributed by atoms with E-state index in [2.05, 4.69) is 38.1 Å². The maximum absolute atomic E-state index is 4.23. The topological polar surface area (TPSA) is 70.2 Å². The Balaban J connectivity index is 0.000000258. The minimum Gasteiger partial charge on any atom is -0.346 e. The Bertz CT molecular complexity index is 700. The first-order valence-corrected chi connectivity index (χ1v) is 7.27. The van der Waals surface area contributed by atoms with Gasteiger partial charge < -0.3 is 4.98 Å². The third kappa shape index (κ3) is 3.56. The summed E-state index contributed by atoms with van der Waals surface area (Å²) >= 11 is 0. The second-order valence-electron chi connectivity index (χ2n) is 4.54. The fraction of sp³-hybridized carbons (Fsp3) is 0.312. The molecule has 5 heteroatoms. The van der Waals surface area contributed by atoms with Crippen molar-refractivity contribution in [1.82, 2.24) is 25.1 Å². The number of fused-ring (bicyclic) bond motifs is 1. The van der Waals surface area contributed by atoms with E-state index in [1.165, 1.54) is 12.8 Å². The van der Waals surface area contributed by atoms with Crippen LogP contribution in [0.4, 0.5) is 0 Å². The molecule has 112 valence electrons. The third-order valence-corrected chi connectivity index (χ3v) is 3.16. The van der Waals surface area contributed by atoms with E-state index in [1.54, 1.807) is 18.1 Å². The first-order chi connectivity index (χ1) is 10.3. The number of nitrogens with one attached hydrogen (secondary N) is 2. The summed E-state index contributed by atoms with van der Waals surface area (Å²) in [7, 11) is 0. The molecule has 0 saturated carbocycles. The smallest absolute Gasteiger partial charge is 0.141 e. The van der Waals surface area contributed by atoms with Gasteiger partial charge in [0.2, 0.25) is 0 Å². The minimum atomic E-state index is 0. The van der Waals surface area contributed by atoms with Crippen molar-refractivity contribution in [3.05, 3.63) is 42.6 Å². The molecular formula is C16H23N5. The van der Waals surface area contributed by atoms with Crippen molar-refractivity contribution in [1.29, 1.82) is 0 Å². The van der Waals surface area contributed by atoms with Crippen LogP contribution in [0.3, 0.4) is 0 Å². The molecule has 0 fully saturated rings. The zero-order valence-corrected chi connectivity index (χ0v) is 12.7. The fourth-order valence-electron chi connectivity index (χ4n) is 1.92. The highest BCUT2D eigenvalue weighted by molar-refractivity contribution is 5.89. The number of allylic oxidation sites excluding steroid dienone is 2. The van der Waals surface area contributed by atoms with Crippen molar-refractivity contribution in [2.24, 2.45) is 0 Å². The lowest BCUT2D eigenvalue weighted by atomic mass is 10.0. The molecule has 5 nitrogen and oxygen atoms in total. The van der Waals surface area contributed by atoms with E-state index in [0.29, 0.717) is 0 Å². The number of nitrogens with zero attached hydrogens (tertiary/aromatic N) is 3. The molecule has 21 heavy (non-hydrogen) atoms. The second kappa shape index (κ2) is 7.38. The molecule has 3 aromatic rings. The largest absolute Gasteiger partial charge is 0.346 e. The molecule has 0 aliphatic heterocycles. The summed E-state index contributed by atoms with van der Waals surface area (Å²) in [6, 6.07) is 1.96. The van der Waals surface area contributed by atoms with Crippen molar-refractivity contribution in [2.45, 2.75) is 33.6 Å². The first-order valence-electron chi connectivity index (χ1n) is 7.27. The van der Waals surface area contributed by atoms with Crippen molar-refractivity contribution < 1.29 is 1.43 Å². The molecule has 0 radical (unpaired) electrons. The van der Waals surface area contributed by atoms with Gasteiger partial charge in [0.15, 0.2) is 0 Å². The van der Waals surface area contributed by atoms with Gasteiger partial charge in [0.25, 0.3) is 0 Å². The van der Waals surface area contributed by atoms with Gasteiger partial charge in [-0.2, -0.15) is 5.10 Å². The molecule has 1 aliphatic carbocycles. The highest BCUT2D eigenvalue weighted by Crippen LogP contribution is 2.22. The average Bonchev–Trinajstić information content (AvgIpc) is 3.18. The molecular weight excluding hydrogens is 262 g/mol. The number of rotatable bonds is 1. The maximum atomic E-state index is 4.23. The summed E-state index contributed by atoms with van der Waals surface area (Å²) < 4.78 is 0. The Morgan fingerprint density at radius 2 is 2.00 bits per heavy atom. The predicted octanol–water partition coefficient (Wildman–Crippen LogP) is 4.35. The van der Waals surface area contributed by atoms with Crippen LogP contribution in [0, 0.1) is 0 Å². The van der Waals surface area contributed by atoms with E-state index >= 15 is 0 Å². The Morgan fingerprint density at radius 1 is 1.24 bits per heavy atom. The van der Waals surface area contributed by atoms with Gasteiger partial charge in [0.1, 0.15) is 12.0 Å². The molecule has 0 aromatic carbocycles. The van der Waals surface area contributed by atoms with E-state index in [-0.39, 0.29) is 1.43 Å². The molecule has 0 bridgehead atoms. The van der Waals surface area contributed by atoms with Gasteiger partial charge in [-0.05, 0) is 25.8 Å². The molecule has 0 amide bonds. The van der Waals surface area contributed by atoms with Crippen LogP contribution in [0.5, 0.6) is 0 Å². The van der Waals surface area contributed by atoms with E-state index in [0.717, 1.165) is 22.3 Å². The molecule has 3 heterocycles. The van der Waals surface area contributed by atoms with E-state index in [1.807, 2.05) is 32.3 Å². The summed E-state index contributed by atoms with van der Waals surface area (Å²) in [6.45, 7) is 6.17. The zero-order chi connectivity index (χ0) is 15.1. The lowest BCUT2D eigenvalue weighted by Crippen LogP contribution is -1.85. The molecule has 2 N–H and O–H groups in total. The number of H-pyrrole nitrogens is 2. The van der Waals surface area contributed by atoms with Crippen LogP contribution in [-0.4, -0.2) is 25.1 Å². The van der Waals surface area contributed by atoms with Gasteiger partial charge in [-0.15, -0.1) is 0 Å². The third-order valence-electron chi connectivity index (χ3n) is 3.16. The van der Waals surface area contributed by atoms with E-state index in [4.69, 9.17) is 0 Å². The van der Waals surface area contributed by atoms with Crippen LogP contribution in [0.2, 0.25) is 0 Å². The SMILES string of the molecule is CC.CC1=CCC1.[HH].c1nc(-c2cn[nH]c2)c2cc[nH]c2n1. The first kappa shape index (κ1) is 15.0. The standard InChI is InChI=1S/C9H7N5.C5H8.C2H6.H2/c1-2-10-9-7(1)8(11-5-12-9)6-3-13-14-4-6;1-5-3-2-4-5;1-2;/h1-5H,(H,13,14)(H,10,11,12);3H,2,4H2,1H3;1-2H3;1H. The van der Waals surface area contributed by atoms with Gasteiger partial charge in [0, 0.05) is 24.8 Å². The quantitative estimate of drug-likeness (QED) is 0.653. The Hall–Kier alpha value is -2.43. The maximum Gasteiger partial charge on any atom is 0.141 e. The van der Waals surface area contributed by atoms with Gasteiger partial charge in [-0.1, -0.05) is 25.5 Å². The van der Waals surface area contributed by atoms with Crippen molar-refractivity contribution in [2.75, 3.05) is 0 Å². The summed E-state index contributed by atoms with van der Waals surface area (Å²) in [5, 5.41) is 7.67. The monoisotopic (exact) mass is 285 g/mol. The van der Waals surface area contributed by atoms with Crippen LogP contribution in [-0.2, 0) is 0 Å². The Kier molecular flexibility index (Phi) is 5.26. The van der Waals surface area contributed by atoms with Crippen molar-refractivity contribution >= 4 is 11.0 Å². The summed E-state index contributed by atoms with van der Waals surface area (Å²) in [5.41, 5.74) is 4.27. The zero-order valence-electron chi connectivity index (χ0n) is 12.7. The molecule has 0 atom stereocenters. The number of aromatic nitrogens is 5. The molecule has 0 spiro atoms. The number of hydrogen-bond donors (Lipinski definition) is 2. The molecule has 1 aliphatic rings. The lowest BCUT2D eigenvalue weighted by Gasteiger charge is -2.05. The second-order valence-corrected chi connectivity index (χ2v) is 4.54. The van der Waals surface area contributed by atoms with Crippen LogP contribution >= 0.6 is 0 Å². The highest BCUT2D eigenvalue weighted by Gasteiger charge is 2.06. The van der Waals surface area contributed by atoms with Gasteiger partial charge >= 0.3 is 0 Å². The summed E-state index contributed by atoms with van der Waals surface area (Å²) in [5.74, 6) is 0. The lowest BCUT2D eigenvalue weighted by molar-refractivity contribution is 0.875. The summed E-state index contributed by atoms with van der Waals surface area (Å²) in [4.78, 5) is 11.4. The Labute approximate surface area is 126 Å². The molecule has 4 rings (SSSR count). The van der Waals surface area contributed by atoms with E-state index in [9.17, 15) is 0 Å². The van der Waals surface area contributed by atoms with Gasteiger partial charge in [-0.25, -0.2) is 9.97 Å². The normalized spacial score (nSPS) is 12.4. The van der Waals surface area contributed by atoms with Gasteiger partial charge in [0.05, 0.1) is 11.9 Å². The van der Waals surface area contributed by atoms with E-state index < -0.39 is 0 Å². The predicted molar refractivity (Wildman–Crippen MR) is 87.9 cm³/mol. The van der Waals surface area contributed by atoms with Crippen LogP contribution in [0.25, 0.3) is 22.3 Å². The van der Waals surface area contributed by atoms with Crippen LogP contribution in [0.1, 0.15) is 35.0 Å². The highest BCUT2D eigenvalue weighted by atomic mass is 15.1. The van der Waals surface area contributed by atoms with Crippen molar-refractivity contribution in [3.63, 3.8) is 0 Å². The Morgan fingerprint density at radius 3 is 2.57 bits per heavy atom. The fourth-order valence-corrected chi connectivity index (χ4v) is 1.92.